The Morgan fingerprint density at radius 3 is 1.88 bits per heavy atom. The van der Waals surface area contributed by atoms with Crippen LogP contribution in [-0.2, 0) is 12.8 Å². The molecule has 0 radical (unpaired) electrons. The lowest BCUT2D eigenvalue weighted by atomic mass is 10.1. The average molecular weight is 443 g/mol. The van der Waals surface area contributed by atoms with Gasteiger partial charge in [0.25, 0.3) is 0 Å². The van der Waals surface area contributed by atoms with E-state index in [1.807, 2.05) is 45.3 Å². The summed E-state index contributed by atoms with van der Waals surface area (Å²) in [7, 11) is 0. The van der Waals surface area contributed by atoms with Crippen LogP contribution in [0.4, 0.5) is 4.79 Å². The molecule has 32 heavy (non-hydrogen) atoms. The number of carbonyl (C=O) groups is 1. The van der Waals surface area contributed by atoms with Crippen LogP contribution in [0.5, 0.6) is 0 Å². The van der Waals surface area contributed by atoms with E-state index in [0.29, 0.717) is 19.0 Å². The Labute approximate surface area is 194 Å². The molecule has 7 nitrogen and oxygen atoms in total. The molecule has 0 atom stereocenters. The zero-order valence-corrected chi connectivity index (χ0v) is 20.7. The number of carbonyl (C=O) groups excluding carboxylic acids is 1. The van der Waals surface area contributed by atoms with E-state index in [1.54, 1.807) is 0 Å². The molecule has 0 fully saturated rings. The number of nitrogens with zero attached hydrogens (tertiary/aromatic N) is 4. The van der Waals surface area contributed by atoms with Crippen LogP contribution in [0.25, 0.3) is 0 Å². The second-order valence-corrected chi connectivity index (χ2v) is 7.96. The zero-order valence-electron chi connectivity index (χ0n) is 20.7. The van der Waals surface area contributed by atoms with E-state index in [-0.39, 0.29) is 6.03 Å². The molecule has 0 aliphatic heterocycles. The Kier molecular flexibility index (Phi) is 14.6. The Morgan fingerprint density at radius 1 is 0.812 bits per heavy atom. The Hall–Kier alpha value is -2.57. The summed E-state index contributed by atoms with van der Waals surface area (Å²) in [6, 6.07) is 3.89. The molecule has 2 aromatic rings. The largest absolute Gasteiger partial charge is 0.338 e. The fourth-order valence-electron chi connectivity index (χ4n) is 3.16. The summed E-state index contributed by atoms with van der Waals surface area (Å²) < 4.78 is 0. The van der Waals surface area contributed by atoms with Crippen LogP contribution in [0.1, 0.15) is 95.2 Å². The van der Waals surface area contributed by atoms with E-state index in [0.717, 1.165) is 74.4 Å². The van der Waals surface area contributed by atoms with Crippen molar-refractivity contribution in [3.05, 3.63) is 47.6 Å². The molecular formula is C25H42N6O. The minimum Gasteiger partial charge on any atom is -0.338 e. The molecular weight excluding hydrogens is 400 g/mol. The molecule has 0 saturated carbocycles. The van der Waals surface area contributed by atoms with Crippen molar-refractivity contribution >= 4 is 6.03 Å². The van der Waals surface area contributed by atoms with Gasteiger partial charge in [0.1, 0.15) is 11.6 Å². The fraction of sp³-hybridized carbons (Fsp3) is 0.640. The van der Waals surface area contributed by atoms with Crippen LogP contribution >= 0.6 is 0 Å². The molecule has 0 bridgehead atoms. The number of aryl methyl sites for hydroxylation is 3. The minimum atomic E-state index is -0.0706. The van der Waals surface area contributed by atoms with Gasteiger partial charge in [0, 0.05) is 42.8 Å². The summed E-state index contributed by atoms with van der Waals surface area (Å²) in [5, 5.41) is 5.87. The van der Waals surface area contributed by atoms with Crippen LogP contribution in [0.2, 0.25) is 0 Å². The van der Waals surface area contributed by atoms with Crippen molar-refractivity contribution in [3.63, 3.8) is 0 Å². The Balaban J connectivity index is 0.00000249. The maximum atomic E-state index is 11.8. The topological polar surface area (TPSA) is 92.7 Å². The second kappa shape index (κ2) is 17.0. The number of hydrogen-bond donors (Lipinski definition) is 2. The van der Waals surface area contributed by atoms with Crippen LogP contribution < -0.4 is 10.6 Å². The van der Waals surface area contributed by atoms with Gasteiger partial charge in [-0.1, -0.05) is 40.5 Å². The smallest absolute Gasteiger partial charge is 0.314 e. The van der Waals surface area contributed by atoms with Gasteiger partial charge in [-0.25, -0.2) is 24.7 Å². The normalized spacial score (nSPS) is 10.4. The highest BCUT2D eigenvalue weighted by Crippen LogP contribution is 2.10. The molecule has 0 saturated heterocycles. The van der Waals surface area contributed by atoms with Crippen molar-refractivity contribution < 1.29 is 4.79 Å². The van der Waals surface area contributed by atoms with Gasteiger partial charge in [-0.3, -0.25) is 0 Å². The molecule has 0 unspecified atom stereocenters. The summed E-state index contributed by atoms with van der Waals surface area (Å²) >= 11 is 0. The van der Waals surface area contributed by atoms with Gasteiger partial charge in [-0.2, -0.15) is 0 Å². The number of rotatable bonds is 13. The van der Waals surface area contributed by atoms with Gasteiger partial charge in [0.2, 0.25) is 0 Å². The molecule has 2 heterocycles. The Morgan fingerprint density at radius 2 is 1.34 bits per heavy atom. The average Bonchev–Trinajstić information content (AvgIpc) is 2.80. The lowest BCUT2D eigenvalue weighted by molar-refractivity contribution is 0.240. The summed E-state index contributed by atoms with van der Waals surface area (Å²) in [5.41, 5.74) is 2.20. The minimum absolute atomic E-state index is 0.0706. The molecule has 2 N–H and O–H groups in total. The molecule has 178 valence electrons. The lowest BCUT2D eigenvalue weighted by Gasteiger charge is -2.08. The maximum absolute atomic E-state index is 11.8. The molecule has 0 aliphatic rings. The monoisotopic (exact) mass is 442 g/mol. The van der Waals surface area contributed by atoms with E-state index >= 15 is 0 Å². The van der Waals surface area contributed by atoms with Crippen molar-refractivity contribution in [2.75, 3.05) is 13.1 Å². The van der Waals surface area contributed by atoms with Gasteiger partial charge in [-0.05, 0) is 57.6 Å². The first-order valence-corrected chi connectivity index (χ1v) is 12.2. The fourth-order valence-corrected chi connectivity index (χ4v) is 3.16. The summed E-state index contributed by atoms with van der Waals surface area (Å²) in [6.45, 7) is 11.5. The van der Waals surface area contributed by atoms with Crippen molar-refractivity contribution in [3.8, 4) is 0 Å². The van der Waals surface area contributed by atoms with E-state index in [1.165, 1.54) is 0 Å². The predicted octanol–water partition coefficient (Wildman–Crippen LogP) is 5.15. The van der Waals surface area contributed by atoms with Crippen molar-refractivity contribution in [2.45, 2.75) is 91.9 Å². The maximum Gasteiger partial charge on any atom is 0.314 e. The van der Waals surface area contributed by atoms with Gasteiger partial charge in [-0.15, -0.1) is 0 Å². The first kappa shape index (κ1) is 27.5. The molecule has 0 aromatic carbocycles. The molecule has 0 spiro atoms. The third-order valence-electron chi connectivity index (χ3n) is 4.87. The van der Waals surface area contributed by atoms with Gasteiger partial charge in [0.15, 0.2) is 0 Å². The number of aromatic nitrogens is 4. The van der Waals surface area contributed by atoms with Crippen LogP contribution in [0.3, 0.4) is 0 Å². The highest BCUT2D eigenvalue weighted by molar-refractivity contribution is 5.73. The highest BCUT2D eigenvalue weighted by Gasteiger charge is 2.04. The first-order chi connectivity index (χ1) is 15.5. The van der Waals surface area contributed by atoms with Gasteiger partial charge < -0.3 is 10.6 Å². The van der Waals surface area contributed by atoms with E-state index in [2.05, 4.69) is 44.4 Å². The number of unbranched alkanes of at least 4 members (excludes halogenated alkanes) is 4. The Bertz CT molecular complexity index is 766. The third kappa shape index (κ3) is 12.3. The highest BCUT2D eigenvalue weighted by atomic mass is 16.2. The summed E-state index contributed by atoms with van der Waals surface area (Å²) in [4.78, 5) is 29.2. The molecule has 7 heteroatoms. The van der Waals surface area contributed by atoms with Crippen LogP contribution in [0, 0.1) is 6.92 Å². The summed E-state index contributed by atoms with van der Waals surface area (Å²) in [5.74, 6) is 2.09. The first-order valence-electron chi connectivity index (χ1n) is 12.2. The van der Waals surface area contributed by atoms with Crippen molar-refractivity contribution in [1.82, 2.24) is 30.6 Å². The van der Waals surface area contributed by atoms with Crippen molar-refractivity contribution in [1.29, 1.82) is 0 Å². The van der Waals surface area contributed by atoms with Gasteiger partial charge >= 0.3 is 6.03 Å². The summed E-state index contributed by atoms with van der Waals surface area (Å²) in [6.07, 6.45) is 11.8. The SMILES string of the molecule is CC.Cc1nccc(CCCCCNC(=O)NCCCCCc2ccnc(C(C)C)n2)n1. The zero-order chi connectivity index (χ0) is 23.6. The molecule has 2 rings (SSSR count). The standard InChI is InChI=1S/C23H36N6O.C2H6/c1-18(2)22-25-17-13-21(29-22)11-7-5-9-15-27-23(30)26-14-8-4-6-10-20-12-16-24-19(3)28-20;1-2/h12-13,16-18H,4-11,14-15H2,1-3H3,(H2,26,27,30);1-2H3. The van der Waals surface area contributed by atoms with E-state index < -0.39 is 0 Å². The molecule has 2 amide bonds. The van der Waals surface area contributed by atoms with Gasteiger partial charge in [0.05, 0.1) is 0 Å². The second-order valence-electron chi connectivity index (χ2n) is 7.96. The van der Waals surface area contributed by atoms with Crippen LogP contribution in [0.15, 0.2) is 24.5 Å². The van der Waals surface area contributed by atoms with Crippen LogP contribution in [-0.4, -0.2) is 39.1 Å². The van der Waals surface area contributed by atoms with E-state index in [4.69, 9.17) is 0 Å². The number of urea groups is 1. The predicted molar refractivity (Wildman–Crippen MR) is 131 cm³/mol. The van der Waals surface area contributed by atoms with Crippen molar-refractivity contribution in [2.24, 2.45) is 0 Å². The lowest BCUT2D eigenvalue weighted by Crippen LogP contribution is -2.36. The third-order valence-corrected chi connectivity index (χ3v) is 4.87. The number of nitrogens with one attached hydrogen (secondary N) is 2. The van der Waals surface area contributed by atoms with E-state index in [9.17, 15) is 4.79 Å². The molecule has 2 aromatic heterocycles. The number of amides is 2. The molecule has 0 aliphatic carbocycles. The number of hydrogen-bond acceptors (Lipinski definition) is 5. The quantitative estimate of drug-likeness (QED) is 0.419.